The van der Waals surface area contributed by atoms with Crippen molar-refractivity contribution >= 4 is 17.7 Å². The lowest BCUT2D eigenvalue weighted by Gasteiger charge is -2.35. The van der Waals surface area contributed by atoms with Crippen LogP contribution in [0.2, 0.25) is 0 Å². The second kappa shape index (κ2) is 15.3. The van der Waals surface area contributed by atoms with E-state index in [0.29, 0.717) is 11.9 Å². The van der Waals surface area contributed by atoms with E-state index in [2.05, 4.69) is 46.4 Å². The minimum absolute atomic E-state index is 0.0618. The van der Waals surface area contributed by atoms with Crippen LogP contribution in [0.5, 0.6) is 0 Å². The number of rotatable bonds is 15. The smallest absolute Gasteiger partial charge is 0.308 e. The van der Waals surface area contributed by atoms with Gasteiger partial charge in [-0.25, -0.2) is 0 Å². The van der Waals surface area contributed by atoms with Crippen molar-refractivity contribution in [1.82, 2.24) is 0 Å². The molecule has 2 aliphatic rings. The lowest BCUT2D eigenvalue weighted by Crippen LogP contribution is -2.32. The summed E-state index contributed by atoms with van der Waals surface area (Å²) in [4.78, 5) is 12.7. The number of allylic oxidation sites excluding steroid dienone is 2. The summed E-state index contributed by atoms with van der Waals surface area (Å²) in [5.41, 5.74) is 1.51. The van der Waals surface area contributed by atoms with Crippen LogP contribution in [0.15, 0.2) is 11.3 Å². The molecule has 4 unspecified atom stereocenters. The highest BCUT2D eigenvalue weighted by atomic mass is 32.2. The van der Waals surface area contributed by atoms with E-state index < -0.39 is 0 Å². The number of thioether (sulfide) groups is 1. The third-order valence-corrected chi connectivity index (χ3v) is 9.17. The molecule has 2 saturated carbocycles. The van der Waals surface area contributed by atoms with Gasteiger partial charge in [-0.3, -0.25) is 4.79 Å². The Bertz CT molecular complexity index is 565. The van der Waals surface area contributed by atoms with Gasteiger partial charge in [0, 0.05) is 5.25 Å². The molecule has 186 valence electrons. The highest BCUT2D eigenvalue weighted by Gasteiger charge is 2.34. The van der Waals surface area contributed by atoms with Crippen molar-refractivity contribution in [3.63, 3.8) is 0 Å². The van der Waals surface area contributed by atoms with Crippen molar-refractivity contribution < 1.29 is 14.3 Å². The molecule has 2 rings (SSSR count). The average molecular weight is 467 g/mol. The predicted molar refractivity (Wildman–Crippen MR) is 138 cm³/mol. The number of esters is 1. The highest BCUT2D eigenvalue weighted by Crippen LogP contribution is 2.40. The molecule has 0 saturated heterocycles. The Balaban J connectivity index is 1.57. The SMILES string of the molecule is CCSC1CC(C(=O)OCCCCCCOC(C)=C2CCC2)CCC1CCC(C)C(C)C. The molecule has 2 fully saturated rings. The van der Waals surface area contributed by atoms with Gasteiger partial charge >= 0.3 is 5.97 Å². The molecule has 0 amide bonds. The van der Waals surface area contributed by atoms with Gasteiger partial charge in [0.05, 0.1) is 24.9 Å². The van der Waals surface area contributed by atoms with Crippen LogP contribution in [0, 0.1) is 23.7 Å². The van der Waals surface area contributed by atoms with Crippen LogP contribution in [0.4, 0.5) is 0 Å². The Hall–Kier alpha value is -0.640. The van der Waals surface area contributed by atoms with Crippen LogP contribution in [-0.2, 0) is 14.3 Å². The second-order valence-electron chi connectivity index (χ2n) is 10.5. The van der Waals surface area contributed by atoms with E-state index in [-0.39, 0.29) is 11.9 Å². The highest BCUT2D eigenvalue weighted by molar-refractivity contribution is 7.99. The minimum atomic E-state index is 0.0618. The predicted octanol–water partition coefficient (Wildman–Crippen LogP) is 8.17. The first-order valence-corrected chi connectivity index (χ1v) is 14.6. The molecule has 0 bridgehead atoms. The zero-order valence-corrected chi connectivity index (χ0v) is 22.4. The first-order chi connectivity index (χ1) is 15.4. The minimum Gasteiger partial charge on any atom is -0.498 e. The molecule has 3 nitrogen and oxygen atoms in total. The fourth-order valence-electron chi connectivity index (χ4n) is 4.85. The number of unbranched alkanes of at least 4 members (excludes halogenated alkanes) is 3. The third kappa shape index (κ3) is 9.69. The van der Waals surface area contributed by atoms with Gasteiger partial charge in [0.1, 0.15) is 0 Å². The van der Waals surface area contributed by atoms with Crippen molar-refractivity contribution in [2.75, 3.05) is 19.0 Å². The lowest BCUT2D eigenvalue weighted by molar-refractivity contribution is -0.150. The van der Waals surface area contributed by atoms with Crippen LogP contribution < -0.4 is 0 Å². The fourth-order valence-corrected chi connectivity index (χ4v) is 6.19. The Morgan fingerprint density at radius 2 is 1.72 bits per heavy atom. The standard InChI is InChI=1S/C28H50O3S/c1-6-32-27-20-26(17-16-25(27)15-14-22(4)21(2)3)28(29)31-19-10-8-7-9-18-30-23(5)24-12-11-13-24/h21-22,25-27H,6-20H2,1-5H3. The Morgan fingerprint density at radius 1 is 1.03 bits per heavy atom. The van der Waals surface area contributed by atoms with E-state index in [1.54, 1.807) is 0 Å². The van der Waals surface area contributed by atoms with E-state index >= 15 is 0 Å². The molecule has 0 aromatic heterocycles. The Morgan fingerprint density at radius 3 is 2.31 bits per heavy atom. The molecule has 0 N–H and O–H groups in total. The van der Waals surface area contributed by atoms with Gasteiger partial charge in [0.15, 0.2) is 0 Å². The largest absolute Gasteiger partial charge is 0.498 e. The summed E-state index contributed by atoms with van der Waals surface area (Å²) in [5.74, 6) is 4.81. The monoisotopic (exact) mass is 466 g/mol. The van der Waals surface area contributed by atoms with Crippen molar-refractivity contribution in [3.8, 4) is 0 Å². The molecule has 2 aliphatic carbocycles. The van der Waals surface area contributed by atoms with Gasteiger partial charge < -0.3 is 9.47 Å². The summed E-state index contributed by atoms with van der Waals surface area (Å²) in [6, 6.07) is 0. The molecular formula is C28H50O3S. The zero-order chi connectivity index (χ0) is 23.3. The maximum atomic E-state index is 12.7. The molecule has 0 aromatic carbocycles. The summed E-state index contributed by atoms with van der Waals surface area (Å²) >= 11 is 2.07. The zero-order valence-electron chi connectivity index (χ0n) is 21.6. The molecule has 0 aliphatic heterocycles. The van der Waals surface area contributed by atoms with E-state index in [1.807, 2.05) is 0 Å². The maximum Gasteiger partial charge on any atom is 0.308 e. The molecule has 0 heterocycles. The van der Waals surface area contributed by atoms with Crippen molar-refractivity contribution in [2.24, 2.45) is 23.7 Å². The molecule has 4 heteroatoms. The maximum absolute atomic E-state index is 12.7. The molecule has 0 aromatic rings. The van der Waals surface area contributed by atoms with Crippen molar-refractivity contribution in [2.45, 2.75) is 117 Å². The number of carbonyl (C=O) groups excluding carboxylic acids is 1. The van der Waals surface area contributed by atoms with E-state index in [4.69, 9.17) is 9.47 Å². The normalized spacial score (nSPS) is 24.2. The Kier molecular flexibility index (Phi) is 13.2. The van der Waals surface area contributed by atoms with Crippen LogP contribution in [0.3, 0.4) is 0 Å². The fraction of sp³-hybridized carbons (Fsp3) is 0.893. The van der Waals surface area contributed by atoms with Crippen molar-refractivity contribution in [1.29, 1.82) is 0 Å². The van der Waals surface area contributed by atoms with Gasteiger partial charge in [-0.2, -0.15) is 11.8 Å². The van der Waals surface area contributed by atoms with Crippen molar-refractivity contribution in [3.05, 3.63) is 11.3 Å². The third-order valence-electron chi connectivity index (χ3n) is 7.83. The lowest BCUT2D eigenvalue weighted by atomic mass is 9.78. The summed E-state index contributed by atoms with van der Waals surface area (Å²) in [6.45, 7) is 12.8. The first kappa shape index (κ1) is 27.6. The molecular weight excluding hydrogens is 416 g/mol. The number of hydrogen-bond acceptors (Lipinski definition) is 4. The van der Waals surface area contributed by atoms with Gasteiger partial charge in [-0.15, -0.1) is 0 Å². The summed E-state index contributed by atoms with van der Waals surface area (Å²) in [6.07, 6.45) is 14.0. The first-order valence-electron chi connectivity index (χ1n) is 13.5. The van der Waals surface area contributed by atoms with Crippen LogP contribution >= 0.6 is 11.8 Å². The molecule has 32 heavy (non-hydrogen) atoms. The number of ether oxygens (including phenoxy) is 2. The summed E-state index contributed by atoms with van der Waals surface area (Å²) in [7, 11) is 0. The second-order valence-corrected chi connectivity index (χ2v) is 12.0. The number of hydrogen-bond donors (Lipinski definition) is 0. The Labute approximate surface area is 202 Å². The van der Waals surface area contributed by atoms with Gasteiger partial charge in [0.25, 0.3) is 0 Å². The number of carbonyl (C=O) groups is 1. The summed E-state index contributed by atoms with van der Waals surface area (Å²) in [5, 5.41) is 0.629. The molecule has 0 spiro atoms. The average Bonchev–Trinajstić information content (AvgIpc) is 2.73. The van der Waals surface area contributed by atoms with Gasteiger partial charge in [0.2, 0.25) is 0 Å². The van der Waals surface area contributed by atoms with Crippen LogP contribution in [0.25, 0.3) is 0 Å². The van der Waals surface area contributed by atoms with E-state index in [9.17, 15) is 4.79 Å². The topological polar surface area (TPSA) is 35.5 Å². The van der Waals surface area contributed by atoms with Crippen LogP contribution in [-0.4, -0.2) is 30.2 Å². The van der Waals surface area contributed by atoms with Crippen LogP contribution in [0.1, 0.15) is 112 Å². The van der Waals surface area contributed by atoms with Gasteiger partial charge in [-0.1, -0.05) is 34.1 Å². The van der Waals surface area contributed by atoms with E-state index in [1.165, 1.54) is 44.1 Å². The van der Waals surface area contributed by atoms with Gasteiger partial charge in [-0.05, 0) is 107 Å². The molecule has 0 radical (unpaired) electrons. The quantitative estimate of drug-likeness (QED) is 0.138. The summed E-state index contributed by atoms with van der Waals surface area (Å²) < 4.78 is 11.5. The molecule has 4 atom stereocenters. The van der Waals surface area contributed by atoms with E-state index in [0.717, 1.165) is 74.4 Å².